The van der Waals surface area contributed by atoms with Gasteiger partial charge in [-0.2, -0.15) is 0 Å². The number of nitrogens with zero attached hydrogens (tertiary/aromatic N) is 1. The van der Waals surface area contributed by atoms with Crippen LogP contribution in [0, 0.1) is 12.3 Å². The Balaban J connectivity index is 2.26. The summed E-state index contributed by atoms with van der Waals surface area (Å²) in [6.45, 7) is 6.35. The van der Waals surface area contributed by atoms with Crippen LogP contribution in [-0.2, 0) is 0 Å². The fourth-order valence-electron chi connectivity index (χ4n) is 1.71. The van der Waals surface area contributed by atoms with Crippen molar-refractivity contribution in [2.24, 2.45) is 0 Å². The summed E-state index contributed by atoms with van der Waals surface area (Å²) in [6.07, 6.45) is 7.78. The largest absolute Gasteiger partial charge is 0.311 e. The van der Waals surface area contributed by atoms with Gasteiger partial charge in [0.05, 0.1) is 6.54 Å². The van der Waals surface area contributed by atoms with Gasteiger partial charge in [0.25, 0.3) is 0 Å². The molecule has 1 rings (SSSR count). The fraction of sp³-hybridized carbons (Fsp3) is 0.800. The topological polar surface area (TPSA) is 15.3 Å². The third-order valence-corrected chi connectivity index (χ3v) is 2.29. The van der Waals surface area contributed by atoms with Gasteiger partial charge in [-0.1, -0.05) is 19.3 Å². The number of hydrogen-bond donors (Lipinski definition) is 1. The van der Waals surface area contributed by atoms with Gasteiger partial charge >= 0.3 is 0 Å². The smallest absolute Gasteiger partial charge is 0.0599 e. The first-order valence-electron chi connectivity index (χ1n) is 4.76. The summed E-state index contributed by atoms with van der Waals surface area (Å²) in [7, 11) is 0. The normalized spacial score (nSPS) is 25.2. The molecule has 12 heavy (non-hydrogen) atoms. The minimum atomic E-state index is 0.664. The molecule has 0 aromatic rings. The quantitative estimate of drug-likeness (QED) is 0.621. The lowest BCUT2D eigenvalue weighted by Crippen LogP contribution is -2.50. The summed E-state index contributed by atoms with van der Waals surface area (Å²) in [5.74, 6) is 2.70. The van der Waals surface area contributed by atoms with E-state index in [-0.39, 0.29) is 0 Å². The molecule has 2 nitrogen and oxygen atoms in total. The van der Waals surface area contributed by atoms with E-state index in [2.05, 4.69) is 23.1 Å². The number of rotatable bonds is 3. The van der Waals surface area contributed by atoms with Gasteiger partial charge in [-0.05, 0) is 6.42 Å². The molecule has 2 heteroatoms. The standard InChI is InChI=1S/C10H18N2/c1-3-5-10-9-12(7-4-2)8-6-11-10/h2,10-11H,3,5-9H2,1H3. The van der Waals surface area contributed by atoms with E-state index >= 15 is 0 Å². The molecule has 1 N–H and O–H groups in total. The van der Waals surface area contributed by atoms with Crippen molar-refractivity contribution in [2.75, 3.05) is 26.2 Å². The zero-order chi connectivity index (χ0) is 8.81. The Kier molecular flexibility index (Phi) is 4.13. The Bertz CT molecular complexity index is 158. The molecule has 0 aliphatic carbocycles. The molecule has 1 saturated heterocycles. The Labute approximate surface area is 75.3 Å². The molecule has 68 valence electrons. The third kappa shape index (κ3) is 2.84. The van der Waals surface area contributed by atoms with Crippen molar-refractivity contribution < 1.29 is 0 Å². The highest BCUT2D eigenvalue weighted by atomic mass is 15.2. The van der Waals surface area contributed by atoms with Crippen molar-refractivity contribution in [3.8, 4) is 12.3 Å². The molecule has 1 aliphatic rings. The molecule has 1 fully saturated rings. The molecule has 0 saturated carbocycles. The second-order valence-electron chi connectivity index (χ2n) is 3.38. The van der Waals surface area contributed by atoms with E-state index < -0.39 is 0 Å². The minimum absolute atomic E-state index is 0.664. The molecule has 0 spiro atoms. The highest BCUT2D eigenvalue weighted by Gasteiger charge is 2.16. The van der Waals surface area contributed by atoms with E-state index in [1.807, 2.05) is 0 Å². The molecular formula is C10H18N2. The van der Waals surface area contributed by atoms with E-state index in [1.165, 1.54) is 12.8 Å². The van der Waals surface area contributed by atoms with Crippen LogP contribution in [0.2, 0.25) is 0 Å². The number of terminal acetylenes is 1. The Hall–Kier alpha value is -0.520. The molecular weight excluding hydrogens is 148 g/mol. The van der Waals surface area contributed by atoms with Gasteiger partial charge in [-0.3, -0.25) is 4.90 Å². The summed E-state index contributed by atoms with van der Waals surface area (Å²) < 4.78 is 0. The van der Waals surface area contributed by atoms with Crippen molar-refractivity contribution in [2.45, 2.75) is 25.8 Å². The number of hydrogen-bond acceptors (Lipinski definition) is 2. The van der Waals surface area contributed by atoms with Crippen LogP contribution in [0.25, 0.3) is 0 Å². The molecule has 0 radical (unpaired) electrons. The molecule has 1 atom stereocenters. The Morgan fingerprint density at radius 2 is 2.50 bits per heavy atom. The third-order valence-electron chi connectivity index (χ3n) is 2.29. The number of nitrogens with one attached hydrogen (secondary N) is 1. The minimum Gasteiger partial charge on any atom is -0.311 e. The highest BCUT2D eigenvalue weighted by Crippen LogP contribution is 2.03. The molecule has 0 bridgehead atoms. The van der Waals surface area contributed by atoms with Gasteiger partial charge in [0, 0.05) is 25.7 Å². The van der Waals surface area contributed by atoms with Crippen LogP contribution in [0.1, 0.15) is 19.8 Å². The Morgan fingerprint density at radius 3 is 3.17 bits per heavy atom. The van der Waals surface area contributed by atoms with Crippen LogP contribution in [-0.4, -0.2) is 37.1 Å². The van der Waals surface area contributed by atoms with Crippen molar-refractivity contribution in [1.82, 2.24) is 10.2 Å². The van der Waals surface area contributed by atoms with Gasteiger partial charge in [-0.15, -0.1) is 6.42 Å². The van der Waals surface area contributed by atoms with Gasteiger partial charge in [0.1, 0.15) is 0 Å². The van der Waals surface area contributed by atoms with Crippen LogP contribution in [0.15, 0.2) is 0 Å². The zero-order valence-corrected chi connectivity index (χ0v) is 7.84. The highest BCUT2D eigenvalue weighted by molar-refractivity contribution is 4.91. The molecule has 0 amide bonds. The molecule has 1 unspecified atom stereocenters. The van der Waals surface area contributed by atoms with Crippen LogP contribution in [0.5, 0.6) is 0 Å². The predicted octanol–water partition coefficient (Wildman–Crippen LogP) is 0.693. The summed E-state index contributed by atoms with van der Waals surface area (Å²) in [5, 5.41) is 3.50. The lowest BCUT2D eigenvalue weighted by molar-refractivity contribution is 0.214. The average molecular weight is 166 g/mol. The fourth-order valence-corrected chi connectivity index (χ4v) is 1.71. The summed E-state index contributed by atoms with van der Waals surface area (Å²) in [4.78, 5) is 2.34. The first-order chi connectivity index (χ1) is 5.86. The van der Waals surface area contributed by atoms with Gasteiger partial charge < -0.3 is 5.32 Å². The lowest BCUT2D eigenvalue weighted by atomic mass is 10.1. The average Bonchev–Trinajstić information content (AvgIpc) is 2.06. The molecule has 0 aromatic heterocycles. The van der Waals surface area contributed by atoms with E-state index in [0.29, 0.717) is 6.04 Å². The summed E-state index contributed by atoms with van der Waals surface area (Å²) >= 11 is 0. The van der Waals surface area contributed by atoms with Gasteiger partial charge in [-0.25, -0.2) is 0 Å². The lowest BCUT2D eigenvalue weighted by Gasteiger charge is -2.32. The molecule has 1 aliphatic heterocycles. The van der Waals surface area contributed by atoms with Crippen molar-refractivity contribution in [3.63, 3.8) is 0 Å². The summed E-state index contributed by atoms with van der Waals surface area (Å²) in [6, 6.07) is 0.664. The second kappa shape index (κ2) is 5.18. The first-order valence-corrected chi connectivity index (χ1v) is 4.76. The predicted molar refractivity (Wildman–Crippen MR) is 52.0 cm³/mol. The van der Waals surface area contributed by atoms with Crippen LogP contribution in [0.3, 0.4) is 0 Å². The van der Waals surface area contributed by atoms with E-state index in [1.54, 1.807) is 0 Å². The number of piperazine rings is 1. The van der Waals surface area contributed by atoms with E-state index in [0.717, 1.165) is 26.2 Å². The van der Waals surface area contributed by atoms with E-state index in [4.69, 9.17) is 6.42 Å². The zero-order valence-electron chi connectivity index (χ0n) is 7.84. The van der Waals surface area contributed by atoms with Crippen LogP contribution < -0.4 is 5.32 Å². The van der Waals surface area contributed by atoms with Crippen LogP contribution in [0.4, 0.5) is 0 Å². The maximum atomic E-state index is 5.27. The van der Waals surface area contributed by atoms with Crippen molar-refractivity contribution >= 4 is 0 Å². The monoisotopic (exact) mass is 166 g/mol. The maximum Gasteiger partial charge on any atom is 0.0599 e. The SMILES string of the molecule is C#CCN1CCNC(CCC)C1. The molecule has 0 aromatic carbocycles. The van der Waals surface area contributed by atoms with Crippen molar-refractivity contribution in [3.05, 3.63) is 0 Å². The summed E-state index contributed by atoms with van der Waals surface area (Å²) in [5.41, 5.74) is 0. The van der Waals surface area contributed by atoms with Crippen molar-refractivity contribution in [1.29, 1.82) is 0 Å². The van der Waals surface area contributed by atoms with E-state index in [9.17, 15) is 0 Å². The first kappa shape index (κ1) is 9.57. The maximum absolute atomic E-state index is 5.27. The van der Waals surface area contributed by atoms with Gasteiger partial charge in [0.2, 0.25) is 0 Å². The molecule has 1 heterocycles. The Morgan fingerprint density at radius 1 is 1.67 bits per heavy atom. The van der Waals surface area contributed by atoms with Gasteiger partial charge in [0.15, 0.2) is 0 Å². The second-order valence-corrected chi connectivity index (χ2v) is 3.38. The van der Waals surface area contributed by atoms with Crippen LogP contribution >= 0.6 is 0 Å².